The van der Waals surface area contributed by atoms with Crippen molar-refractivity contribution in [2.24, 2.45) is 0 Å². The van der Waals surface area contributed by atoms with Crippen molar-refractivity contribution in [1.82, 2.24) is 4.72 Å². The second-order valence-corrected chi connectivity index (χ2v) is 8.25. The van der Waals surface area contributed by atoms with Crippen molar-refractivity contribution in [2.75, 3.05) is 0 Å². The molecule has 3 aromatic rings. The third-order valence-electron chi connectivity index (χ3n) is 3.69. The summed E-state index contributed by atoms with van der Waals surface area (Å²) < 4.78 is 28.4. The summed E-state index contributed by atoms with van der Waals surface area (Å²) in [4.78, 5) is 0. The highest BCUT2D eigenvalue weighted by atomic mass is 32.2. The summed E-state index contributed by atoms with van der Waals surface area (Å²) in [6.07, 6.45) is 2.28. The number of fused-ring (bicyclic) bond motifs is 1. The number of benzene rings is 2. The Balaban J connectivity index is 1.67. The summed E-state index contributed by atoms with van der Waals surface area (Å²) >= 11 is 1.69. The average Bonchev–Trinajstić information content (AvgIpc) is 2.97. The van der Waals surface area contributed by atoms with Crippen LogP contribution in [0.4, 0.5) is 0 Å². The molecule has 24 heavy (non-hydrogen) atoms. The van der Waals surface area contributed by atoms with Gasteiger partial charge in [-0.1, -0.05) is 48.5 Å². The van der Waals surface area contributed by atoms with Crippen LogP contribution in [0.5, 0.6) is 0 Å². The molecule has 124 valence electrons. The van der Waals surface area contributed by atoms with E-state index >= 15 is 0 Å². The third kappa shape index (κ3) is 4.32. The molecule has 0 aliphatic heterocycles. The molecule has 0 saturated heterocycles. The minimum atomic E-state index is -3.46. The minimum Gasteiger partial charge on any atom is -0.209 e. The van der Waals surface area contributed by atoms with Gasteiger partial charge in [0.1, 0.15) is 0 Å². The maximum absolute atomic E-state index is 12.2. The molecule has 3 nitrogen and oxygen atoms in total. The van der Waals surface area contributed by atoms with Crippen LogP contribution in [0, 0.1) is 0 Å². The van der Waals surface area contributed by atoms with E-state index in [-0.39, 0.29) is 6.04 Å². The van der Waals surface area contributed by atoms with Crippen LogP contribution in [-0.4, -0.2) is 14.5 Å². The van der Waals surface area contributed by atoms with E-state index in [0.717, 1.165) is 5.56 Å². The predicted octanol–water partition coefficient (Wildman–Crippen LogP) is 4.42. The zero-order valence-electron chi connectivity index (χ0n) is 13.3. The highest BCUT2D eigenvalue weighted by Gasteiger charge is 2.13. The molecule has 1 heterocycles. The second-order valence-electron chi connectivity index (χ2n) is 5.74. The van der Waals surface area contributed by atoms with Gasteiger partial charge in [-0.3, -0.25) is 0 Å². The lowest BCUT2D eigenvalue weighted by Gasteiger charge is -2.12. The molecule has 0 unspecified atom stereocenters. The van der Waals surface area contributed by atoms with Gasteiger partial charge in [-0.05, 0) is 47.4 Å². The van der Waals surface area contributed by atoms with Crippen LogP contribution in [0.15, 0.2) is 65.4 Å². The van der Waals surface area contributed by atoms with E-state index < -0.39 is 10.0 Å². The van der Waals surface area contributed by atoms with E-state index in [1.807, 2.05) is 49.4 Å². The Morgan fingerprint density at radius 3 is 2.58 bits per heavy atom. The molecule has 5 heteroatoms. The number of rotatable bonds is 6. The van der Waals surface area contributed by atoms with Crippen LogP contribution < -0.4 is 4.72 Å². The lowest BCUT2D eigenvalue weighted by atomic mass is 10.1. The number of sulfonamides is 1. The van der Waals surface area contributed by atoms with E-state index in [1.54, 1.807) is 17.4 Å². The summed E-state index contributed by atoms with van der Waals surface area (Å²) in [6.45, 7) is 1.89. The quantitative estimate of drug-likeness (QED) is 0.710. The Hall–Kier alpha value is -1.95. The lowest BCUT2D eigenvalue weighted by molar-refractivity contribution is 0.569. The predicted molar refractivity (Wildman–Crippen MR) is 103 cm³/mol. The molecule has 2 aromatic carbocycles. The maximum atomic E-state index is 12.2. The van der Waals surface area contributed by atoms with Crippen LogP contribution in [0.3, 0.4) is 0 Å². The summed E-state index contributed by atoms with van der Waals surface area (Å²) in [5.41, 5.74) is 2.04. The van der Waals surface area contributed by atoms with Crippen molar-refractivity contribution < 1.29 is 8.42 Å². The summed E-state index contributed by atoms with van der Waals surface area (Å²) in [5, 5.41) is 4.54. The van der Waals surface area contributed by atoms with Gasteiger partial charge in [0.15, 0.2) is 0 Å². The fraction of sp³-hybridized carbons (Fsp3) is 0.158. The monoisotopic (exact) mass is 357 g/mol. The first-order valence-corrected chi connectivity index (χ1v) is 10.2. The molecule has 0 fully saturated rings. The zero-order valence-corrected chi connectivity index (χ0v) is 15.0. The van der Waals surface area contributed by atoms with Crippen LogP contribution in [-0.2, 0) is 16.4 Å². The number of hydrogen-bond acceptors (Lipinski definition) is 3. The summed E-state index contributed by atoms with van der Waals surface area (Å²) in [6, 6.07) is 17.4. The number of hydrogen-bond donors (Lipinski definition) is 1. The Kier molecular flexibility index (Phi) is 5.14. The maximum Gasteiger partial charge on any atom is 0.233 e. The fourth-order valence-electron chi connectivity index (χ4n) is 2.61. The van der Waals surface area contributed by atoms with Crippen molar-refractivity contribution in [3.05, 3.63) is 76.5 Å². The van der Waals surface area contributed by atoms with Gasteiger partial charge in [0, 0.05) is 16.1 Å². The number of thiophene rings is 1. The van der Waals surface area contributed by atoms with E-state index in [9.17, 15) is 8.42 Å². The Morgan fingerprint density at radius 2 is 1.79 bits per heavy atom. The van der Waals surface area contributed by atoms with Gasteiger partial charge in [0.25, 0.3) is 0 Å². The van der Waals surface area contributed by atoms with Crippen molar-refractivity contribution in [1.29, 1.82) is 0 Å². The molecule has 3 rings (SSSR count). The molecule has 0 aliphatic rings. The molecule has 0 bridgehead atoms. The Morgan fingerprint density at radius 1 is 1.08 bits per heavy atom. The zero-order chi connectivity index (χ0) is 17.0. The van der Waals surface area contributed by atoms with E-state index in [4.69, 9.17) is 0 Å². The van der Waals surface area contributed by atoms with Gasteiger partial charge in [0.2, 0.25) is 10.0 Å². The summed E-state index contributed by atoms with van der Waals surface area (Å²) in [5.74, 6) is 0. The minimum absolute atomic E-state index is 0.173. The molecule has 1 N–H and O–H groups in total. The number of nitrogens with one attached hydrogen (secondary N) is 1. The molecule has 0 amide bonds. The smallest absolute Gasteiger partial charge is 0.209 e. The van der Waals surface area contributed by atoms with Gasteiger partial charge in [-0.2, -0.15) is 0 Å². The van der Waals surface area contributed by atoms with Crippen LogP contribution >= 0.6 is 11.3 Å². The highest BCUT2D eigenvalue weighted by Crippen LogP contribution is 2.26. The van der Waals surface area contributed by atoms with Gasteiger partial charge in [0.05, 0.1) is 0 Å². The molecular formula is C19H19NO2S2. The third-order valence-corrected chi connectivity index (χ3v) is 5.93. The topological polar surface area (TPSA) is 46.2 Å². The van der Waals surface area contributed by atoms with Crippen molar-refractivity contribution in [3.63, 3.8) is 0 Å². The first-order valence-electron chi connectivity index (χ1n) is 7.74. The molecule has 0 radical (unpaired) electrons. The normalized spacial score (nSPS) is 13.5. The summed E-state index contributed by atoms with van der Waals surface area (Å²) in [7, 11) is -3.46. The van der Waals surface area contributed by atoms with E-state index in [2.05, 4.69) is 22.2 Å². The second kappa shape index (κ2) is 7.30. The van der Waals surface area contributed by atoms with E-state index in [0.29, 0.717) is 6.42 Å². The molecule has 0 saturated carbocycles. The standard InChI is InChI=1S/C19H19NO2S2/c1-15(13-17-14-23-19-10-6-5-9-18(17)19)20-24(21,22)12-11-16-7-3-2-4-8-16/h2-12,14-15,20H,13H2,1H3/b12-11+/t15-/m1/s1. The molecular weight excluding hydrogens is 338 g/mol. The van der Waals surface area contributed by atoms with Crippen LogP contribution in [0.1, 0.15) is 18.1 Å². The molecule has 0 spiro atoms. The van der Waals surface area contributed by atoms with Crippen LogP contribution in [0.25, 0.3) is 16.2 Å². The van der Waals surface area contributed by atoms with Gasteiger partial charge in [-0.25, -0.2) is 13.1 Å². The van der Waals surface area contributed by atoms with Crippen molar-refractivity contribution in [3.8, 4) is 0 Å². The molecule has 0 aliphatic carbocycles. The Labute approximate surface area is 146 Å². The fourth-order valence-corrected chi connectivity index (χ4v) is 4.65. The molecule has 1 aromatic heterocycles. The average molecular weight is 358 g/mol. The van der Waals surface area contributed by atoms with Crippen molar-refractivity contribution >= 4 is 37.5 Å². The lowest BCUT2D eigenvalue weighted by Crippen LogP contribution is -2.32. The van der Waals surface area contributed by atoms with Gasteiger partial charge < -0.3 is 0 Å². The largest absolute Gasteiger partial charge is 0.233 e. The first kappa shape index (κ1) is 16.9. The van der Waals surface area contributed by atoms with Crippen LogP contribution in [0.2, 0.25) is 0 Å². The van der Waals surface area contributed by atoms with Gasteiger partial charge >= 0.3 is 0 Å². The van der Waals surface area contributed by atoms with E-state index in [1.165, 1.54) is 21.1 Å². The highest BCUT2D eigenvalue weighted by molar-refractivity contribution is 7.92. The first-order chi connectivity index (χ1) is 11.5. The Bertz CT molecular complexity index is 944. The van der Waals surface area contributed by atoms with Gasteiger partial charge in [-0.15, -0.1) is 11.3 Å². The SMILES string of the molecule is C[C@H](Cc1csc2ccccc12)NS(=O)(=O)/C=C/c1ccccc1. The van der Waals surface area contributed by atoms with Crippen molar-refractivity contribution in [2.45, 2.75) is 19.4 Å². The molecule has 1 atom stereocenters.